The van der Waals surface area contributed by atoms with Crippen molar-refractivity contribution >= 4 is 29.3 Å². The number of ether oxygens (including phenoxy) is 2. The molecule has 202 valence electrons. The Hall–Kier alpha value is -5.18. The van der Waals surface area contributed by atoms with Gasteiger partial charge in [0, 0.05) is 11.4 Å². The first-order chi connectivity index (χ1) is 19.4. The van der Waals surface area contributed by atoms with Crippen LogP contribution in [-0.2, 0) is 16.1 Å². The molecule has 40 heavy (non-hydrogen) atoms. The third-order valence-electron chi connectivity index (χ3n) is 6.51. The molecule has 2 unspecified atom stereocenters. The number of carbonyl (C=O) groups excluding carboxylic acids is 3. The van der Waals surface area contributed by atoms with Crippen molar-refractivity contribution in [2.75, 3.05) is 17.7 Å². The van der Waals surface area contributed by atoms with E-state index in [2.05, 4.69) is 10.6 Å². The highest BCUT2D eigenvalue weighted by atomic mass is 19.1. The topological polar surface area (TPSA) is 97.0 Å². The first-order valence-corrected chi connectivity index (χ1v) is 12.5. The van der Waals surface area contributed by atoms with E-state index in [9.17, 15) is 18.8 Å². The lowest BCUT2D eigenvalue weighted by Gasteiger charge is -2.24. The molecule has 1 fully saturated rings. The summed E-state index contributed by atoms with van der Waals surface area (Å²) in [7, 11) is 1.49. The van der Waals surface area contributed by atoms with Crippen molar-refractivity contribution in [3.63, 3.8) is 0 Å². The molecule has 1 aliphatic heterocycles. The Morgan fingerprint density at radius 1 is 0.850 bits per heavy atom. The fourth-order valence-electron chi connectivity index (χ4n) is 4.52. The second-order valence-electron chi connectivity index (χ2n) is 9.14. The first kappa shape index (κ1) is 26.4. The van der Waals surface area contributed by atoms with E-state index < -0.39 is 30.0 Å². The van der Waals surface area contributed by atoms with Crippen LogP contribution in [0, 0.1) is 5.82 Å². The third kappa shape index (κ3) is 5.78. The first-order valence-electron chi connectivity index (χ1n) is 12.5. The van der Waals surface area contributed by atoms with Crippen LogP contribution in [0.15, 0.2) is 103 Å². The molecule has 4 aromatic rings. The van der Waals surface area contributed by atoms with E-state index in [1.54, 1.807) is 84.9 Å². The largest absolute Gasteiger partial charge is 0.496 e. The Morgan fingerprint density at radius 3 is 2.20 bits per heavy atom. The number of carbonyl (C=O) groups is 3. The van der Waals surface area contributed by atoms with Crippen molar-refractivity contribution in [3.05, 3.63) is 126 Å². The van der Waals surface area contributed by atoms with Gasteiger partial charge in [0.25, 0.3) is 11.8 Å². The van der Waals surface area contributed by atoms with Crippen LogP contribution in [0.4, 0.5) is 20.6 Å². The molecule has 8 nitrogen and oxygen atoms in total. The zero-order chi connectivity index (χ0) is 28.1. The van der Waals surface area contributed by atoms with Gasteiger partial charge in [0.1, 0.15) is 11.6 Å². The average molecular weight is 540 g/mol. The number of para-hydroxylation sites is 2. The third-order valence-corrected chi connectivity index (χ3v) is 6.51. The number of nitrogens with zero attached hydrogens (tertiary/aromatic N) is 1. The van der Waals surface area contributed by atoms with Gasteiger partial charge >= 0.3 is 6.09 Å². The summed E-state index contributed by atoms with van der Waals surface area (Å²) in [6.07, 6.45) is -1.59. The van der Waals surface area contributed by atoms with Crippen molar-refractivity contribution in [2.45, 2.75) is 18.7 Å². The molecule has 0 radical (unpaired) electrons. The molecular formula is C31H26FN3O5. The molecule has 1 saturated heterocycles. The quantitative estimate of drug-likeness (QED) is 0.296. The molecule has 0 saturated carbocycles. The van der Waals surface area contributed by atoms with Crippen LogP contribution in [0.2, 0.25) is 0 Å². The number of hydrogen-bond acceptors (Lipinski definition) is 5. The number of rotatable bonds is 8. The Bertz CT molecular complexity index is 1510. The minimum absolute atomic E-state index is 0.0511. The molecule has 0 bridgehead atoms. The van der Waals surface area contributed by atoms with Gasteiger partial charge in [-0.15, -0.1) is 0 Å². The second-order valence-corrected chi connectivity index (χ2v) is 9.14. The van der Waals surface area contributed by atoms with E-state index in [1.165, 1.54) is 24.1 Å². The van der Waals surface area contributed by atoms with E-state index in [0.717, 1.165) is 0 Å². The van der Waals surface area contributed by atoms with Crippen LogP contribution < -0.4 is 15.4 Å². The zero-order valence-electron chi connectivity index (χ0n) is 21.5. The molecule has 0 spiro atoms. The normalized spacial score (nSPS) is 16.2. The SMILES string of the molecule is COc1ccccc1C(=O)Nc1ccc(C2OC(=O)N(Cc3ccc(F)cc3)C2C(=O)Nc2ccccc2)cc1. The van der Waals surface area contributed by atoms with E-state index in [-0.39, 0.29) is 12.5 Å². The minimum Gasteiger partial charge on any atom is -0.496 e. The smallest absolute Gasteiger partial charge is 0.411 e. The standard InChI is InChI=1S/C31H26FN3O5/c1-39-26-10-6-5-9-25(26)29(36)33-24-17-13-21(14-18-24)28-27(30(37)34-23-7-3-2-4-8-23)35(31(38)40-28)19-20-11-15-22(32)16-12-20/h2-18,27-28H,19H2,1H3,(H,33,36)(H,34,37). The molecule has 1 aliphatic rings. The summed E-state index contributed by atoms with van der Waals surface area (Å²) in [5.74, 6) is -0.731. The van der Waals surface area contributed by atoms with E-state index in [0.29, 0.717) is 33.8 Å². The van der Waals surface area contributed by atoms with Crippen LogP contribution in [-0.4, -0.2) is 36.0 Å². The Labute approximate surface area is 230 Å². The maximum atomic E-state index is 13.5. The number of hydrogen-bond donors (Lipinski definition) is 2. The van der Waals surface area contributed by atoms with Gasteiger partial charge in [0.05, 0.1) is 19.2 Å². The number of anilines is 2. The summed E-state index contributed by atoms with van der Waals surface area (Å²) in [6.45, 7) is 0.0511. The van der Waals surface area contributed by atoms with Crippen LogP contribution >= 0.6 is 0 Å². The number of methoxy groups -OCH3 is 1. The zero-order valence-corrected chi connectivity index (χ0v) is 21.5. The Morgan fingerprint density at radius 2 is 1.50 bits per heavy atom. The highest BCUT2D eigenvalue weighted by Crippen LogP contribution is 2.35. The fourth-order valence-corrected chi connectivity index (χ4v) is 4.52. The lowest BCUT2D eigenvalue weighted by molar-refractivity contribution is -0.121. The molecule has 9 heteroatoms. The number of halogens is 1. The predicted molar refractivity (Wildman–Crippen MR) is 147 cm³/mol. The molecule has 4 aromatic carbocycles. The summed E-state index contributed by atoms with van der Waals surface area (Å²) in [5, 5.41) is 5.68. The van der Waals surface area contributed by atoms with Crippen LogP contribution in [0.25, 0.3) is 0 Å². The Kier molecular flexibility index (Phi) is 7.72. The van der Waals surface area contributed by atoms with Crippen LogP contribution in [0.5, 0.6) is 5.75 Å². The predicted octanol–water partition coefficient (Wildman–Crippen LogP) is 5.79. The number of benzene rings is 4. The minimum atomic E-state index is -1.01. The molecule has 5 rings (SSSR count). The molecule has 2 N–H and O–H groups in total. The van der Waals surface area contributed by atoms with Crippen molar-refractivity contribution in [1.29, 1.82) is 0 Å². The lowest BCUT2D eigenvalue weighted by Crippen LogP contribution is -2.43. The summed E-state index contributed by atoms with van der Waals surface area (Å²) >= 11 is 0. The van der Waals surface area contributed by atoms with Crippen molar-refractivity contribution in [1.82, 2.24) is 4.90 Å². The van der Waals surface area contributed by atoms with E-state index in [4.69, 9.17) is 9.47 Å². The molecule has 0 aromatic heterocycles. The van der Waals surface area contributed by atoms with Crippen LogP contribution in [0.3, 0.4) is 0 Å². The van der Waals surface area contributed by atoms with Gasteiger partial charge in [0.15, 0.2) is 12.1 Å². The molecule has 3 amide bonds. The number of amides is 3. The lowest BCUT2D eigenvalue weighted by atomic mass is 10.00. The van der Waals surface area contributed by atoms with Gasteiger partial charge in [-0.05, 0) is 59.7 Å². The van der Waals surface area contributed by atoms with E-state index >= 15 is 0 Å². The summed E-state index contributed by atoms with van der Waals surface area (Å²) in [5.41, 5.74) is 2.68. The van der Waals surface area contributed by atoms with Crippen molar-refractivity contribution in [2.24, 2.45) is 0 Å². The summed E-state index contributed by atoms with van der Waals surface area (Å²) < 4.78 is 24.4. The maximum Gasteiger partial charge on any atom is 0.411 e. The van der Waals surface area contributed by atoms with Gasteiger partial charge < -0.3 is 20.1 Å². The van der Waals surface area contributed by atoms with E-state index in [1.807, 2.05) is 6.07 Å². The Balaban J connectivity index is 1.39. The fraction of sp³-hybridized carbons (Fsp3) is 0.129. The van der Waals surface area contributed by atoms with Gasteiger partial charge in [-0.1, -0.05) is 54.6 Å². The van der Waals surface area contributed by atoms with Crippen LogP contribution in [0.1, 0.15) is 27.6 Å². The van der Waals surface area contributed by atoms with Gasteiger partial charge in [-0.3, -0.25) is 14.5 Å². The van der Waals surface area contributed by atoms with Gasteiger partial charge in [0.2, 0.25) is 0 Å². The second kappa shape index (κ2) is 11.7. The highest BCUT2D eigenvalue weighted by Gasteiger charge is 2.47. The maximum absolute atomic E-state index is 13.5. The van der Waals surface area contributed by atoms with Gasteiger partial charge in [-0.2, -0.15) is 0 Å². The molecule has 2 atom stereocenters. The number of cyclic esters (lactones) is 1. The number of nitrogens with one attached hydrogen (secondary N) is 2. The monoisotopic (exact) mass is 539 g/mol. The average Bonchev–Trinajstić information content (AvgIpc) is 3.30. The highest BCUT2D eigenvalue weighted by molar-refractivity contribution is 6.06. The molecule has 1 heterocycles. The molecule has 0 aliphatic carbocycles. The van der Waals surface area contributed by atoms with Crippen molar-refractivity contribution in [3.8, 4) is 5.75 Å². The molecular weight excluding hydrogens is 513 g/mol. The van der Waals surface area contributed by atoms with Crippen molar-refractivity contribution < 1.29 is 28.2 Å². The summed E-state index contributed by atoms with van der Waals surface area (Å²) in [4.78, 5) is 40.6. The van der Waals surface area contributed by atoms with Gasteiger partial charge in [-0.25, -0.2) is 9.18 Å². The summed E-state index contributed by atoms with van der Waals surface area (Å²) in [6, 6.07) is 27.2.